The van der Waals surface area contributed by atoms with E-state index in [1.54, 1.807) is 0 Å². The summed E-state index contributed by atoms with van der Waals surface area (Å²) in [5.41, 5.74) is 2.53. The molecule has 1 atom stereocenters. The molecule has 1 N–H and O–H groups in total. The van der Waals surface area contributed by atoms with Gasteiger partial charge in [-0.1, -0.05) is 42.5 Å². The maximum atomic E-state index is 13.6. The lowest BCUT2D eigenvalue weighted by Gasteiger charge is -2.36. The van der Waals surface area contributed by atoms with Crippen LogP contribution in [0.25, 0.3) is 10.8 Å². The van der Waals surface area contributed by atoms with E-state index in [1.807, 2.05) is 29.9 Å². The van der Waals surface area contributed by atoms with Crippen LogP contribution in [0.15, 0.2) is 42.5 Å². The lowest BCUT2D eigenvalue weighted by molar-refractivity contribution is -0.0787. The van der Waals surface area contributed by atoms with E-state index < -0.39 is 6.10 Å². The fourth-order valence-corrected chi connectivity index (χ4v) is 4.60. The molecular weight excluding hydrogens is 406 g/mol. The third kappa shape index (κ3) is 3.64. The van der Waals surface area contributed by atoms with Crippen molar-refractivity contribution in [2.24, 2.45) is 0 Å². The largest absolute Gasteiger partial charge is 0.389 e. The van der Waals surface area contributed by atoms with Crippen LogP contribution in [0.5, 0.6) is 0 Å². The molecule has 1 saturated heterocycles. The molecule has 2 aliphatic heterocycles. The van der Waals surface area contributed by atoms with Gasteiger partial charge in [0.15, 0.2) is 5.82 Å². The predicted octanol–water partition coefficient (Wildman–Crippen LogP) is 2.45. The maximum Gasteiger partial charge on any atom is 0.296 e. The number of hydrogen-bond acceptors (Lipinski definition) is 6. The molecular formula is C24H29N5O3. The molecule has 168 valence electrons. The number of rotatable bonds is 4. The minimum Gasteiger partial charge on any atom is -0.389 e. The van der Waals surface area contributed by atoms with Crippen molar-refractivity contribution in [2.75, 3.05) is 31.8 Å². The fraction of sp³-hybridized carbons (Fsp3) is 0.417. The van der Waals surface area contributed by atoms with Crippen molar-refractivity contribution in [3.63, 3.8) is 0 Å². The number of benzene rings is 2. The molecule has 0 unspecified atom stereocenters. The molecule has 0 spiro atoms. The first-order valence-corrected chi connectivity index (χ1v) is 11.1. The van der Waals surface area contributed by atoms with E-state index in [1.165, 1.54) is 5.06 Å². The highest BCUT2D eigenvalue weighted by molar-refractivity contribution is 5.95. The molecule has 1 amide bonds. The van der Waals surface area contributed by atoms with E-state index in [0.29, 0.717) is 18.8 Å². The monoisotopic (exact) mass is 435 g/mol. The molecule has 8 nitrogen and oxygen atoms in total. The summed E-state index contributed by atoms with van der Waals surface area (Å²) in [6, 6.07) is 14.7. The van der Waals surface area contributed by atoms with Crippen molar-refractivity contribution < 1.29 is 14.7 Å². The summed E-state index contributed by atoms with van der Waals surface area (Å²) in [6.45, 7) is 6.41. The summed E-state index contributed by atoms with van der Waals surface area (Å²) >= 11 is 0. The number of carbonyl (C=O) groups excluding carboxylic acids is 1. The highest BCUT2D eigenvalue weighted by atomic mass is 16.7. The SMILES string of the molecule is CC(C)N1CN(C)Cc2c1nn(Cc1cccc3ccccc13)c2C(=O)N1C[C@H](O)CO1. The first kappa shape index (κ1) is 20.9. The van der Waals surface area contributed by atoms with Crippen molar-refractivity contribution in [3.8, 4) is 0 Å². The molecule has 8 heteroatoms. The lowest BCUT2D eigenvalue weighted by Crippen LogP contribution is -2.44. The van der Waals surface area contributed by atoms with Gasteiger partial charge in [-0.2, -0.15) is 5.10 Å². The highest BCUT2D eigenvalue weighted by Gasteiger charge is 2.36. The summed E-state index contributed by atoms with van der Waals surface area (Å²) in [7, 11) is 2.05. The number of amides is 1. The summed E-state index contributed by atoms with van der Waals surface area (Å²) in [6.07, 6.45) is -0.668. The van der Waals surface area contributed by atoms with Gasteiger partial charge in [-0.15, -0.1) is 0 Å². The molecule has 0 bridgehead atoms. The van der Waals surface area contributed by atoms with Crippen LogP contribution in [0.4, 0.5) is 5.82 Å². The van der Waals surface area contributed by atoms with Crippen molar-refractivity contribution in [1.82, 2.24) is 19.7 Å². The second-order valence-corrected chi connectivity index (χ2v) is 8.98. The van der Waals surface area contributed by atoms with Crippen LogP contribution in [0.1, 0.15) is 35.5 Å². The smallest absolute Gasteiger partial charge is 0.296 e. The Balaban J connectivity index is 1.63. The topological polar surface area (TPSA) is 74.1 Å². The summed E-state index contributed by atoms with van der Waals surface area (Å²) in [5.74, 6) is 0.593. The number of hydrogen-bond donors (Lipinski definition) is 1. The minimum absolute atomic E-state index is 0.128. The minimum atomic E-state index is -0.668. The molecule has 32 heavy (non-hydrogen) atoms. The van der Waals surface area contributed by atoms with E-state index in [9.17, 15) is 9.90 Å². The zero-order valence-corrected chi connectivity index (χ0v) is 18.7. The molecule has 5 rings (SSSR count). The summed E-state index contributed by atoms with van der Waals surface area (Å²) in [4.78, 5) is 23.5. The number of nitrogens with zero attached hydrogens (tertiary/aromatic N) is 5. The van der Waals surface area contributed by atoms with Crippen LogP contribution in [0, 0.1) is 0 Å². The van der Waals surface area contributed by atoms with Gasteiger partial charge in [0.1, 0.15) is 18.4 Å². The van der Waals surface area contributed by atoms with Gasteiger partial charge in [0.2, 0.25) is 0 Å². The van der Waals surface area contributed by atoms with Crippen molar-refractivity contribution in [3.05, 3.63) is 59.3 Å². The Bertz CT molecular complexity index is 1150. The van der Waals surface area contributed by atoms with Gasteiger partial charge in [-0.25, -0.2) is 5.06 Å². The van der Waals surface area contributed by atoms with Crippen molar-refractivity contribution in [2.45, 2.75) is 39.1 Å². The molecule has 0 radical (unpaired) electrons. The summed E-state index contributed by atoms with van der Waals surface area (Å²) in [5, 5.41) is 18.4. The maximum absolute atomic E-state index is 13.6. The lowest BCUT2D eigenvalue weighted by atomic mass is 10.0. The molecule has 0 saturated carbocycles. The standard InChI is InChI=1S/C24H29N5O3/c1-16(2)27-15-26(3)13-21-22(24(31)29-12-19(30)14-32-29)28(25-23(21)27)11-18-9-6-8-17-7-4-5-10-20(17)18/h4-10,16,19,30H,11-15H2,1-3H3/t19-/m0/s1. The summed E-state index contributed by atoms with van der Waals surface area (Å²) < 4.78 is 1.82. The quantitative estimate of drug-likeness (QED) is 0.679. The Labute approximate surface area is 187 Å². The van der Waals surface area contributed by atoms with E-state index >= 15 is 0 Å². The van der Waals surface area contributed by atoms with E-state index in [2.05, 4.69) is 47.9 Å². The molecule has 3 aromatic rings. The van der Waals surface area contributed by atoms with Gasteiger partial charge >= 0.3 is 0 Å². The highest BCUT2D eigenvalue weighted by Crippen LogP contribution is 2.32. The van der Waals surface area contributed by atoms with Crippen LogP contribution in [0.3, 0.4) is 0 Å². The second-order valence-electron chi connectivity index (χ2n) is 8.98. The van der Waals surface area contributed by atoms with Gasteiger partial charge in [-0.3, -0.25) is 19.2 Å². The van der Waals surface area contributed by atoms with Crippen molar-refractivity contribution >= 4 is 22.5 Å². The Morgan fingerprint density at radius 1 is 1.22 bits per heavy atom. The average Bonchev–Trinajstić information content (AvgIpc) is 3.36. The number of carbonyl (C=O) groups is 1. The van der Waals surface area contributed by atoms with Crippen LogP contribution in [-0.4, -0.2) is 69.8 Å². The molecule has 2 aliphatic rings. The third-order valence-electron chi connectivity index (χ3n) is 6.17. The number of aromatic nitrogens is 2. The number of aliphatic hydroxyl groups excluding tert-OH is 1. The zero-order valence-electron chi connectivity index (χ0n) is 18.7. The van der Waals surface area contributed by atoms with Gasteiger partial charge in [0.05, 0.1) is 19.8 Å². The Kier molecular flexibility index (Phi) is 5.36. The number of β-amino-alcohol motifs (C(OH)–C–C–N with tert-alkyl or cyclic N) is 1. The van der Waals surface area contributed by atoms with Crippen LogP contribution < -0.4 is 4.90 Å². The molecule has 1 aromatic heterocycles. The number of hydroxylamine groups is 2. The number of fused-ring (bicyclic) bond motifs is 2. The molecule has 0 aliphatic carbocycles. The average molecular weight is 436 g/mol. The predicted molar refractivity (Wildman–Crippen MR) is 122 cm³/mol. The van der Waals surface area contributed by atoms with E-state index in [4.69, 9.17) is 9.94 Å². The first-order valence-electron chi connectivity index (χ1n) is 11.1. The molecule has 2 aromatic carbocycles. The van der Waals surface area contributed by atoms with Gasteiger partial charge in [0.25, 0.3) is 5.91 Å². The third-order valence-corrected chi connectivity index (χ3v) is 6.17. The molecule has 3 heterocycles. The second kappa shape index (κ2) is 8.20. The Morgan fingerprint density at radius 3 is 2.75 bits per heavy atom. The zero-order chi connectivity index (χ0) is 22.4. The fourth-order valence-electron chi connectivity index (χ4n) is 4.60. The van der Waals surface area contributed by atoms with E-state index in [0.717, 1.165) is 34.4 Å². The van der Waals surface area contributed by atoms with Crippen LogP contribution >= 0.6 is 0 Å². The van der Waals surface area contributed by atoms with Crippen molar-refractivity contribution in [1.29, 1.82) is 0 Å². The first-order chi connectivity index (χ1) is 15.4. The number of aliphatic hydroxyl groups is 1. The normalized spacial score (nSPS) is 19.2. The van der Waals surface area contributed by atoms with Crippen LogP contribution in [0.2, 0.25) is 0 Å². The Morgan fingerprint density at radius 2 is 2.00 bits per heavy atom. The Hall–Kier alpha value is -2.94. The van der Waals surface area contributed by atoms with Crippen LogP contribution in [-0.2, 0) is 17.9 Å². The van der Waals surface area contributed by atoms with Gasteiger partial charge in [0, 0.05) is 18.2 Å². The van der Waals surface area contributed by atoms with Gasteiger partial charge < -0.3 is 10.0 Å². The van der Waals surface area contributed by atoms with Gasteiger partial charge in [-0.05, 0) is 37.2 Å². The number of anilines is 1. The molecule has 1 fully saturated rings. The van der Waals surface area contributed by atoms with E-state index in [-0.39, 0.29) is 25.1 Å².